The summed E-state index contributed by atoms with van der Waals surface area (Å²) >= 11 is 1.37. The van der Waals surface area contributed by atoms with E-state index >= 15 is 0 Å². The van der Waals surface area contributed by atoms with Gasteiger partial charge in [-0.2, -0.15) is 0 Å². The SMILES string of the molecule is O=C(Nc1ccc(C(O)C2COCC(=O)N2Cc2ccncc2)cc1)c1cccs1. The molecule has 30 heavy (non-hydrogen) atoms. The second-order valence-electron chi connectivity index (χ2n) is 6.96. The largest absolute Gasteiger partial charge is 0.386 e. The van der Waals surface area contributed by atoms with Crippen LogP contribution in [-0.4, -0.2) is 46.1 Å². The topological polar surface area (TPSA) is 91.8 Å². The van der Waals surface area contributed by atoms with Crippen LogP contribution >= 0.6 is 11.3 Å². The van der Waals surface area contributed by atoms with Crippen LogP contribution in [0.25, 0.3) is 0 Å². The maximum absolute atomic E-state index is 12.5. The van der Waals surface area contributed by atoms with Crippen molar-refractivity contribution in [3.63, 3.8) is 0 Å². The lowest BCUT2D eigenvalue weighted by Crippen LogP contribution is -2.51. The van der Waals surface area contributed by atoms with Gasteiger partial charge in [-0.05, 0) is 46.8 Å². The van der Waals surface area contributed by atoms with E-state index in [9.17, 15) is 14.7 Å². The van der Waals surface area contributed by atoms with Crippen LogP contribution in [0.2, 0.25) is 0 Å². The minimum atomic E-state index is -0.918. The number of nitrogens with one attached hydrogen (secondary N) is 1. The standard InChI is InChI=1S/C22H21N3O4S/c26-20-14-29-13-18(25(20)12-15-7-9-23-10-8-15)21(27)16-3-5-17(6-4-16)24-22(28)19-2-1-11-30-19/h1-11,18,21,27H,12-14H2,(H,24,28). The van der Waals surface area contributed by atoms with E-state index in [0.29, 0.717) is 22.7 Å². The average Bonchev–Trinajstić information content (AvgIpc) is 3.31. The van der Waals surface area contributed by atoms with Crippen molar-refractivity contribution in [1.82, 2.24) is 9.88 Å². The van der Waals surface area contributed by atoms with Crippen molar-refractivity contribution in [1.29, 1.82) is 0 Å². The molecule has 0 radical (unpaired) electrons. The summed E-state index contributed by atoms with van der Waals surface area (Å²) in [5, 5.41) is 15.6. The summed E-state index contributed by atoms with van der Waals surface area (Å²) in [5.74, 6) is -0.338. The molecule has 8 heteroatoms. The Kier molecular flexibility index (Phi) is 6.18. The van der Waals surface area contributed by atoms with Gasteiger partial charge in [0, 0.05) is 24.6 Å². The molecule has 2 unspecified atom stereocenters. The van der Waals surface area contributed by atoms with Gasteiger partial charge in [0.15, 0.2) is 0 Å². The molecule has 2 atom stereocenters. The molecule has 0 aliphatic carbocycles. The van der Waals surface area contributed by atoms with E-state index in [2.05, 4.69) is 10.3 Å². The van der Waals surface area contributed by atoms with E-state index < -0.39 is 12.1 Å². The first-order chi connectivity index (χ1) is 14.6. The zero-order chi connectivity index (χ0) is 20.9. The number of aliphatic hydroxyl groups is 1. The number of benzene rings is 1. The Morgan fingerprint density at radius 2 is 2.00 bits per heavy atom. The highest BCUT2D eigenvalue weighted by Crippen LogP contribution is 2.27. The summed E-state index contributed by atoms with van der Waals surface area (Å²) < 4.78 is 5.40. The maximum Gasteiger partial charge on any atom is 0.265 e. The average molecular weight is 423 g/mol. The van der Waals surface area contributed by atoms with Gasteiger partial charge in [0.05, 0.1) is 17.5 Å². The molecule has 1 aromatic carbocycles. The molecule has 2 N–H and O–H groups in total. The van der Waals surface area contributed by atoms with Crippen molar-refractivity contribution in [3.8, 4) is 0 Å². The lowest BCUT2D eigenvalue weighted by molar-refractivity contribution is -0.155. The fourth-order valence-electron chi connectivity index (χ4n) is 3.36. The molecule has 0 bridgehead atoms. The van der Waals surface area contributed by atoms with Gasteiger partial charge in [0.25, 0.3) is 5.91 Å². The molecular weight excluding hydrogens is 402 g/mol. The number of pyridine rings is 1. The first kappa shape index (κ1) is 20.2. The summed E-state index contributed by atoms with van der Waals surface area (Å²) in [4.78, 5) is 30.9. The van der Waals surface area contributed by atoms with E-state index in [0.717, 1.165) is 5.56 Å². The third kappa shape index (κ3) is 4.56. The molecule has 1 aliphatic heterocycles. The summed E-state index contributed by atoms with van der Waals surface area (Å²) in [6, 6.07) is 13.7. The van der Waals surface area contributed by atoms with E-state index in [1.165, 1.54) is 11.3 Å². The quantitative estimate of drug-likeness (QED) is 0.636. The molecule has 2 amide bonds. The number of hydrogen-bond donors (Lipinski definition) is 2. The Hall–Kier alpha value is -3.07. The molecule has 7 nitrogen and oxygen atoms in total. The highest BCUT2D eigenvalue weighted by molar-refractivity contribution is 7.12. The number of carbonyl (C=O) groups is 2. The van der Waals surface area contributed by atoms with Crippen molar-refractivity contribution >= 4 is 28.8 Å². The fraction of sp³-hybridized carbons (Fsp3) is 0.227. The Morgan fingerprint density at radius 3 is 2.70 bits per heavy atom. The Morgan fingerprint density at radius 1 is 1.23 bits per heavy atom. The third-order valence-electron chi connectivity index (χ3n) is 4.96. The first-order valence-corrected chi connectivity index (χ1v) is 10.4. The molecule has 1 saturated heterocycles. The van der Waals surface area contributed by atoms with Gasteiger partial charge in [-0.25, -0.2) is 0 Å². The van der Waals surface area contributed by atoms with Gasteiger partial charge in [-0.15, -0.1) is 11.3 Å². The molecule has 154 valence electrons. The van der Waals surface area contributed by atoms with Gasteiger partial charge >= 0.3 is 0 Å². The van der Waals surface area contributed by atoms with Crippen LogP contribution in [-0.2, 0) is 16.1 Å². The van der Waals surface area contributed by atoms with Crippen molar-refractivity contribution in [3.05, 3.63) is 82.3 Å². The predicted octanol–water partition coefficient (Wildman–Crippen LogP) is 2.86. The molecule has 1 fully saturated rings. The van der Waals surface area contributed by atoms with Crippen molar-refractivity contribution in [2.24, 2.45) is 0 Å². The molecule has 1 aliphatic rings. The number of morpholine rings is 1. The van der Waals surface area contributed by atoms with E-state index in [1.807, 2.05) is 23.6 Å². The number of amides is 2. The second kappa shape index (κ2) is 9.17. The van der Waals surface area contributed by atoms with Gasteiger partial charge < -0.3 is 20.1 Å². The number of hydrogen-bond acceptors (Lipinski definition) is 6. The molecule has 2 aromatic heterocycles. The fourth-order valence-corrected chi connectivity index (χ4v) is 3.98. The highest BCUT2D eigenvalue weighted by atomic mass is 32.1. The summed E-state index contributed by atoms with van der Waals surface area (Å²) in [6.07, 6.45) is 2.43. The zero-order valence-corrected chi connectivity index (χ0v) is 16.9. The molecule has 4 rings (SSSR count). The van der Waals surface area contributed by atoms with E-state index in [4.69, 9.17) is 4.74 Å². The van der Waals surface area contributed by atoms with Crippen LogP contribution in [0.4, 0.5) is 5.69 Å². The van der Waals surface area contributed by atoms with Crippen LogP contribution in [0.15, 0.2) is 66.3 Å². The molecule has 0 saturated carbocycles. The molecule has 3 aromatic rings. The highest BCUT2D eigenvalue weighted by Gasteiger charge is 2.34. The smallest absolute Gasteiger partial charge is 0.265 e. The summed E-state index contributed by atoms with van der Waals surface area (Å²) in [6.45, 7) is 0.623. The van der Waals surface area contributed by atoms with E-state index in [-0.39, 0.29) is 25.0 Å². The normalized spacial score (nSPS) is 17.6. The summed E-state index contributed by atoms with van der Waals surface area (Å²) in [7, 11) is 0. The second-order valence-corrected chi connectivity index (χ2v) is 7.91. The predicted molar refractivity (Wildman–Crippen MR) is 113 cm³/mol. The molecular formula is C22H21N3O4S. The first-order valence-electron chi connectivity index (χ1n) is 9.51. The maximum atomic E-state index is 12.5. The zero-order valence-electron chi connectivity index (χ0n) is 16.1. The van der Waals surface area contributed by atoms with Gasteiger partial charge in [-0.1, -0.05) is 18.2 Å². The monoisotopic (exact) mass is 423 g/mol. The lowest BCUT2D eigenvalue weighted by Gasteiger charge is -2.38. The Balaban J connectivity index is 1.47. The number of carbonyl (C=O) groups excluding carboxylic acids is 2. The van der Waals surface area contributed by atoms with Gasteiger partial charge in [-0.3, -0.25) is 14.6 Å². The van der Waals surface area contributed by atoms with Crippen molar-refractivity contribution in [2.45, 2.75) is 18.7 Å². The number of aromatic nitrogens is 1. The van der Waals surface area contributed by atoms with Gasteiger partial charge in [0.1, 0.15) is 12.7 Å². The number of aliphatic hydroxyl groups excluding tert-OH is 1. The molecule has 3 heterocycles. The number of ether oxygens (including phenoxy) is 1. The number of anilines is 1. The van der Waals surface area contributed by atoms with Crippen molar-refractivity contribution in [2.75, 3.05) is 18.5 Å². The van der Waals surface area contributed by atoms with Crippen LogP contribution in [0.5, 0.6) is 0 Å². The minimum absolute atomic E-state index is 0.00198. The van der Waals surface area contributed by atoms with Crippen LogP contribution in [0.1, 0.15) is 26.9 Å². The number of thiophene rings is 1. The number of nitrogens with zero attached hydrogens (tertiary/aromatic N) is 2. The number of rotatable bonds is 6. The third-order valence-corrected chi connectivity index (χ3v) is 5.83. The van der Waals surface area contributed by atoms with Crippen LogP contribution in [0.3, 0.4) is 0 Å². The van der Waals surface area contributed by atoms with E-state index in [1.54, 1.807) is 47.6 Å². The van der Waals surface area contributed by atoms with Gasteiger partial charge in [0.2, 0.25) is 5.91 Å². The minimum Gasteiger partial charge on any atom is -0.386 e. The Bertz CT molecular complexity index is 993. The van der Waals surface area contributed by atoms with Crippen LogP contribution < -0.4 is 5.32 Å². The lowest BCUT2D eigenvalue weighted by atomic mass is 9.99. The molecule has 0 spiro atoms. The van der Waals surface area contributed by atoms with Crippen molar-refractivity contribution < 1.29 is 19.4 Å². The summed E-state index contributed by atoms with van der Waals surface area (Å²) in [5.41, 5.74) is 2.21. The Labute approximate surface area is 177 Å². The van der Waals surface area contributed by atoms with Crippen LogP contribution in [0, 0.1) is 0 Å².